The SMILES string of the molecule is CC(=O)S[C@H]1CO[C@H]2[C@@H]1OC[C@H]2OCO. The highest BCUT2D eigenvalue weighted by Crippen LogP contribution is 2.35. The molecule has 0 amide bonds. The minimum atomic E-state index is -0.328. The summed E-state index contributed by atoms with van der Waals surface area (Å²) < 4.78 is 16.1. The van der Waals surface area contributed by atoms with Crippen molar-refractivity contribution >= 4 is 16.9 Å². The zero-order chi connectivity index (χ0) is 10.8. The topological polar surface area (TPSA) is 65.0 Å². The number of hydrogen-bond acceptors (Lipinski definition) is 6. The normalized spacial score (nSPS) is 39.3. The van der Waals surface area contributed by atoms with Crippen LogP contribution in [0.4, 0.5) is 0 Å². The van der Waals surface area contributed by atoms with Crippen molar-refractivity contribution in [1.29, 1.82) is 0 Å². The smallest absolute Gasteiger partial charge is 0.186 e. The first kappa shape index (κ1) is 11.3. The molecule has 0 aliphatic carbocycles. The molecule has 0 saturated carbocycles. The molecule has 2 aliphatic rings. The fraction of sp³-hybridized carbons (Fsp3) is 0.889. The molecular weight excluding hydrogens is 220 g/mol. The summed E-state index contributed by atoms with van der Waals surface area (Å²) in [6.45, 7) is 2.13. The Morgan fingerprint density at radius 2 is 2.20 bits per heavy atom. The monoisotopic (exact) mass is 234 g/mol. The van der Waals surface area contributed by atoms with Crippen molar-refractivity contribution in [3.05, 3.63) is 0 Å². The van der Waals surface area contributed by atoms with Gasteiger partial charge in [-0.25, -0.2) is 0 Å². The van der Waals surface area contributed by atoms with Gasteiger partial charge in [-0.15, -0.1) is 0 Å². The molecule has 2 rings (SSSR count). The van der Waals surface area contributed by atoms with Crippen molar-refractivity contribution in [2.45, 2.75) is 30.5 Å². The molecule has 0 radical (unpaired) electrons. The zero-order valence-corrected chi connectivity index (χ0v) is 9.24. The molecule has 15 heavy (non-hydrogen) atoms. The lowest BCUT2D eigenvalue weighted by molar-refractivity contribution is -0.109. The molecule has 2 aliphatic heterocycles. The fourth-order valence-electron chi connectivity index (χ4n) is 1.98. The highest BCUT2D eigenvalue weighted by molar-refractivity contribution is 8.14. The highest BCUT2D eigenvalue weighted by atomic mass is 32.2. The Morgan fingerprint density at radius 3 is 2.87 bits per heavy atom. The van der Waals surface area contributed by atoms with Gasteiger partial charge in [-0.2, -0.15) is 0 Å². The van der Waals surface area contributed by atoms with Gasteiger partial charge < -0.3 is 19.3 Å². The largest absolute Gasteiger partial charge is 0.371 e. The van der Waals surface area contributed by atoms with Crippen molar-refractivity contribution < 1.29 is 24.1 Å². The molecule has 86 valence electrons. The lowest BCUT2D eigenvalue weighted by Gasteiger charge is -2.15. The second-order valence-corrected chi connectivity index (χ2v) is 4.99. The number of aliphatic hydroxyl groups excluding tert-OH is 1. The zero-order valence-electron chi connectivity index (χ0n) is 8.42. The summed E-state index contributed by atoms with van der Waals surface area (Å²) in [5.74, 6) is 0. The van der Waals surface area contributed by atoms with Crippen LogP contribution < -0.4 is 0 Å². The number of fused-ring (bicyclic) bond motifs is 1. The van der Waals surface area contributed by atoms with Gasteiger partial charge in [0.2, 0.25) is 0 Å². The van der Waals surface area contributed by atoms with E-state index in [0.29, 0.717) is 13.2 Å². The Labute approximate surface area is 92.1 Å². The summed E-state index contributed by atoms with van der Waals surface area (Å²) in [6.07, 6.45) is -0.443. The quantitative estimate of drug-likeness (QED) is 0.680. The van der Waals surface area contributed by atoms with Gasteiger partial charge in [0.05, 0.1) is 18.5 Å². The van der Waals surface area contributed by atoms with Gasteiger partial charge in [0.25, 0.3) is 0 Å². The maximum absolute atomic E-state index is 11.0. The summed E-state index contributed by atoms with van der Waals surface area (Å²) in [7, 11) is 0. The third-order valence-corrected chi connectivity index (χ3v) is 3.61. The average Bonchev–Trinajstić information content (AvgIpc) is 2.71. The second-order valence-electron chi connectivity index (χ2n) is 3.58. The van der Waals surface area contributed by atoms with Crippen molar-refractivity contribution in [1.82, 2.24) is 0 Å². The predicted molar refractivity (Wildman–Crippen MR) is 53.5 cm³/mol. The Morgan fingerprint density at radius 1 is 1.47 bits per heavy atom. The molecule has 0 unspecified atom stereocenters. The van der Waals surface area contributed by atoms with E-state index in [1.165, 1.54) is 18.7 Å². The van der Waals surface area contributed by atoms with Crippen LogP contribution in [0.25, 0.3) is 0 Å². The van der Waals surface area contributed by atoms with Crippen molar-refractivity contribution in [2.75, 3.05) is 20.0 Å². The first-order valence-electron chi connectivity index (χ1n) is 4.85. The fourth-order valence-corrected chi connectivity index (χ4v) is 2.92. The summed E-state index contributed by atoms with van der Waals surface area (Å²) in [6, 6.07) is 0. The third-order valence-electron chi connectivity index (χ3n) is 2.57. The molecule has 1 N–H and O–H groups in total. The van der Waals surface area contributed by atoms with Crippen molar-refractivity contribution in [2.24, 2.45) is 0 Å². The first-order chi connectivity index (χ1) is 7.22. The lowest BCUT2D eigenvalue weighted by Crippen LogP contribution is -2.32. The van der Waals surface area contributed by atoms with E-state index in [1.54, 1.807) is 0 Å². The molecule has 2 saturated heterocycles. The van der Waals surface area contributed by atoms with Crippen LogP contribution in [0.3, 0.4) is 0 Å². The minimum Gasteiger partial charge on any atom is -0.371 e. The van der Waals surface area contributed by atoms with E-state index in [0.717, 1.165) is 0 Å². The summed E-state index contributed by atoms with van der Waals surface area (Å²) in [5, 5.41) is 8.79. The molecule has 0 bridgehead atoms. The van der Waals surface area contributed by atoms with Crippen LogP contribution >= 0.6 is 11.8 Å². The summed E-state index contributed by atoms with van der Waals surface area (Å²) >= 11 is 1.25. The summed E-state index contributed by atoms with van der Waals surface area (Å²) in [5.41, 5.74) is 0. The third kappa shape index (κ3) is 2.34. The maximum Gasteiger partial charge on any atom is 0.186 e. The number of rotatable bonds is 3. The van der Waals surface area contributed by atoms with E-state index in [2.05, 4.69) is 0 Å². The molecular formula is C9H14O5S. The van der Waals surface area contributed by atoms with E-state index >= 15 is 0 Å². The molecule has 5 nitrogen and oxygen atoms in total. The Bertz CT molecular complexity index is 247. The maximum atomic E-state index is 11.0. The van der Waals surface area contributed by atoms with E-state index in [1.807, 2.05) is 0 Å². The van der Waals surface area contributed by atoms with Gasteiger partial charge in [0, 0.05) is 6.92 Å². The van der Waals surface area contributed by atoms with Crippen LogP contribution in [0.2, 0.25) is 0 Å². The molecule has 0 spiro atoms. The first-order valence-corrected chi connectivity index (χ1v) is 5.73. The van der Waals surface area contributed by atoms with Gasteiger partial charge in [0.1, 0.15) is 25.1 Å². The van der Waals surface area contributed by atoms with Crippen LogP contribution in [0.1, 0.15) is 6.92 Å². The number of ether oxygens (including phenoxy) is 3. The van der Waals surface area contributed by atoms with Gasteiger partial charge >= 0.3 is 0 Å². The molecule has 0 aromatic heterocycles. The Balaban J connectivity index is 1.93. The molecule has 2 fully saturated rings. The Kier molecular flexibility index (Phi) is 3.63. The van der Waals surface area contributed by atoms with E-state index in [-0.39, 0.29) is 35.5 Å². The second kappa shape index (κ2) is 4.80. The number of thioether (sulfide) groups is 1. The molecule has 0 aromatic carbocycles. The summed E-state index contributed by atoms with van der Waals surface area (Å²) in [4.78, 5) is 11.0. The predicted octanol–water partition coefficient (Wildman–Crippen LogP) is -0.233. The van der Waals surface area contributed by atoms with Crippen molar-refractivity contribution in [3.63, 3.8) is 0 Å². The van der Waals surface area contributed by atoms with Gasteiger partial charge in [0.15, 0.2) is 5.12 Å². The number of carbonyl (C=O) groups excluding carboxylic acids is 1. The van der Waals surface area contributed by atoms with Crippen LogP contribution in [0.15, 0.2) is 0 Å². The van der Waals surface area contributed by atoms with Crippen LogP contribution in [-0.4, -0.2) is 53.8 Å². The Hall–Kier alpha value is -0.140. The lowest BCUT2D eigenvalue weighted by atomic mass is 10.1. The van der Waals surface area contributed by atoms with Crippen LogP contribution in [0.5, 0.6) is 0 Å². The van der Waals surface area contributed by atoms with Gasteiger partial charge in [-0.3, -0.25) is 4.79 Å². The number of aliphatic hydroxyl groups is 1. The molecule has 2 heterocycles. The van der Waals surface area contributed by atoms with Crippen LogP contribution in [0, 0.1) is 0 Å². The van der Waals surface area contributed by atoms with E-state index in [9.17, 15) is 4.79 Å². The minimum absolute atomic E-state index is 0.0554. The van der Waals surface area contributed by atoms with Gasteiger partial charge in [-0.1, -0.05) is 11.8 Å². The number of carbonyl (C=O) groups is 1. The highest BCUT2D eigenvalue weighted by Gasteiger charge is 2.48. The molecule has 0 aromatic rings. The van der Waals surface area contributed by atoms with E-state index in [4.69, 9.17) is 19.3 Å². The molecule has 6 heteroatoms. The molecule has 4 atom stereocenters. The van der Waals surface area contributed by atoms with Crippen LogP contribution in [-0.2, 0) is 19.0 Å². The average molecular weight is 234 g/mol. The van der Waals surface area contributed by atoms with Gasteiger partial charge in [-0.05, 0) is 0 Å². The van der Waals surface area contributed by atoms with E-state index < -0.39 is 0 Å². The standard InChI is InChI=1S/C9H14O5S/c1-5(11)15-7-3-13-8-6(14-4-10)2-12-9(7)8/h6-10H,2-4H2,1H3/t6-,7+,8-,9-/m1/s1. The van der Waals surface area contributed by atoms with Crippen molar-refractivity contribution in [3.8, 4) is 0 Å². The number of hydrogen-bond donors (Lipinski definition) is 1.